The Morgan fingerprint density at radius 1 is 1.29 bits per heavy atom. The molecule has 0 bridgehead atoms. The highest BCUT2D eigenvalue weighted by atomic mass is 79.9. The summed E-state index contributed by atoms with van der Waals surface area (Å²) in [6.07, 6.45) is 0.822. The second kappa shape index (κ2) is 5.64. The molecule has 1 aromatic heterocycles. The third kappa shape index (κ3) is 2.87. The average Bonchev–Trinajstić information content (AvgIpc) is 2.73. The van der Waals surface area contributed by atoms with Crippen molar-refractivity contribution in [2.75, 3.05) is 5.73 Å². The standard InChI is InChI=1S/C12H14BrN3S/c13-9-5-6-17-12(9)7-11(16-15)8-3-1-2-4-10(8)14/h1-6,11,16H,7,14-15H2. The Kier molecular flexibility index (Phi) is 4.17. The minimum absolute atomic E-state index is 0.0335. The lowest BCUT2D eigenvalue weighted by Crippen LogP contribution is -2.30. The molecule has 17 heavy (non-hydrogen) atoms. The van der Waals surface area contributed by atoms with Crippen LogP contribution in [0.25, 0.3) is 0 Å². The van der Waals surface area contributed by atoms with E-state index in [2.05, 4.69) is 26.7 Å². The first-order chi connectivity index (χ1) is 8.22. The fraction of sp³-hybridized carbons (Fsp3) is 0.167. The van der Waals surface area contributed by atoms with Crippen molar-refractivity contribution in [3.8, 4) is 0 Å². The third-order valence-electron chi connectivity index (χ3n) is 2.65. The van der Waals surface area contributed by atoms with E-state index < -0.39 is 0 Å². The molecule has 1 unspecified atom stereocenters. The minimum Gasteiger partial charge on any atom is -0.398 e. The van der Waals surface area contributed by atoms with Crippen LogP contribution in [0.5, 0.6) is 0 Å². The van der Waals surface area contributed by atoms with Gasteiger partial charge in [-0.25, -0.2) is 0 Å². The lowest BCUT2D eigenvalue weighted by atomic mass is 10.0. The summed E-state index contributed by atoms with van der Waals surface area (Å²) in [6.45, 7) is 0. The van der Waals surface area contributed by atoms with Gasteiger partial charge in [0.1, 0.15) is 0 Å². The average molecular weight is 312 g/mol. The Morgan fingerprint density at radius 2 is 2.06 bits per heavy atom. The molecule has 0 amide bonds. The number of nitrogens with one attached hydrogen (secondary N) is 1. The number of benzene rings is 1. The van der Waals surface area contributed by atoms with Gasteiger partial charge in [0.15, 0.2) is 0 Å². The van der Waals surface area contributed by atoms with E-state index in [0.29, 0.717) is 0 Å². The molecular formula is C12H14BrN3S. The quantitative estimate of drug-likeness (QED) is 0.462. The summed E-state index contributed by atoms with van der Waals surface area (Å²) >= 11 is 5.24. The van der Waals surface area contributed by atoms with Crippen molar-refractivity contribution < 1.29 is 0 Å². The smallest absolute Gasteiger partial charge is 0.0528 e. The van der Waals surface area contributed by atoms with E-state index in [1.54, 1.807) is 11.3 Å². The summed E-state index contributed by atoms with van der Waals surface area (Å²) in [5.41, 5.74) is 10.6. The second-order valence-corrected chi connectivity index (χ2v) is 5.60. The van der Waals surface area contributed by atoms with E-state index in [0.717, 1.165) is 22.1 Å². The number of hydrogen-bond donors (Lipinski definition) is 3. The van der Waals surface area contributed by atoms with E-state index in [4.69, 9.17) is 11.6 Å². The topological polar surface area (TPSA) is 64.1 Å². The molecule has 90 valence electrons. The van der Waals surface area contributed by atoms with Gasteiger partial charge in [-0.3, -0.25) is 11.3 Å². The molecule has 1 heterocycles. The van der Waals surface area contributed by atoms with Crippen molar-refractivity contribution in [2.45, 2.75) is 12.5 Å². The summed E-state index contributed by atoms with van der Waals surface area (Å²) in [7, 11) is 0. The summed E-state index contributed by atoms with van der Waals surface area (Å²) < 4.78 is 1.12. The van der Waals surface area contributed by atoms with Gasteiger partial charge in [0.25, 0.3) is 0 Å². The highest BCUT2D eigenvalue weighted by Crippen LogP contribution is 2.29. The number of rotatable bonds is 4. The van der Waals surface area contributed by atoms with Crippen molar-refractivity contribution >= 4 is 33.0 Å². The van der Waals surface area contributed by atoms with Gasteiger partial charge in [0.2, 0.25) is 0 Å². The first-order valence-corrected chi connectivity index (χ1v) is 6.92. The summed E-state index contributed by atoms with van der Waals surface area (Å²) in [5.74, 6) is 5.62. The summed E-state index contributed by atoms with van der Waals surface area (Å²) in [6, 6.07) is 9.87. The highest BCUT2D eigenvalue weighted by molar-refractivity contribution is 9.10. The number of anilines is 1. The Hall–Kier alpha value is -0.880. The number of hydrazine groups is 1. The van der Waals surface area contributed by atoms with Gasteiger partial charge in [0.05, 0.1) is 6.04 Å². The highest BCUT2D eigenvalue weighted by Gasteiger charge is 2.15. The lowest BCUT2D eigenvalue weighted by molar-refractivity contribution is 0.556. The van der Waals surface area contributed by atoms with E-state index in [9.17, 15) is 0 Å². The van der Waals surface area contributed by atoms with Gasteiger partial charge < -0.3 is 5.73 Å². The predicted octanol–water partition coefficient (Wildman–Crippen LogP) is 2.84. The van der Waals surface area contributed by atoms with Crippen LogP contribution < -0.4 is 17.0 Å². The van der Waals surface area contributed by atoms with Crippen LogP contribution in [0.1, 0.15) is 16.5 Å². The first-order valence-electron chi connectivity index (χ1n) is 5.24. The normalized spacial score (nSPS) is 12.6. The molecular weight excluding hydrogens is 298 g/mol. The van der Waals surface area contributed by atoms with Crippen LogP contribution in [0.4, 0.5) is 5.69 Å². The van der Waals surface area contributed by atoms with Gasteiger partial charge in [-0.15, -0.1) is 11.3 Å². The van der Waals surface area contributed by atoms with Crippen LogP contribution in [0, 0.1) is 0 Å². The lowest BCUT2D eigenvalue weighted by Gasteiger charge is -2.17. The fourth-order valence-electron chi connectivity index (χ4n) is 1.74. The zero-order valence-corrected chi connectivity index (χ0v) is 11.6. The van der Waals surface area contributed by atoms with Crippen LogP contribution in [-0.4, -0.2) is 0 Å². The molecule has 0 aliphatic rings. The number of hydrogen-bond acceptors (Lipinski definition) is 4. The maximum absolute atomic E-state index is 5.96. The van der Waals surface area contributed by atoms with Crippen LogP contribution in [0.3, 0.4) is 0 Å². The van der Waals surface area contributed by atoms with Crippen molar-refractivity contribution in [2.24, 2.45) is 5.84 Å². The zero-order valence-electron chi connectivity index (χ0n) is 9.19. The molecule has 2 aromatic rings. The van der Waals surface area contributed by atoms with Crippen LogP contribution >= 0.6 is 27.3 Å². The van der Waals surface area contributed by atoms with Gasteiger partial charge in [-0.05, 0) is 39.0 Å². The maximum atomic E-state index is 5.96. The van der Waals surface area contributed by atoms with Gasteiger partial charge in [-0.2, -0.15) is 0 Å². The fourth-order valence-corrected chi connectivity index (χ4v) is 3.30. The van der Waals surface area contributed by atoms with Crippen LogP contribution in [-0.2, 0) is 6.42 Å². The molecule has 0 saturated carbocycles. The molecule has 3 nitrogen and oxygen atoms in total. The summed E-state index contributed by atoms with van der Waals surface area (Å²) in [5, 5.41) is 2.06. The Bertz CT molecular complexity index is 498. The molecule has 0 aliphatic heterocycles. The molecule has 5 heteroatoms. The Labute approximate surface area is 113 Å². The predicted molar refractivity (Wildman–Crippen MR) is 76.6 cm³/mol. The number of thiophene rings is 1. The number of nitrogens with two attached hydrogens (primary N) is 2. The third-order valence-corrected chi connectivity index (χ3v) is 4.60. The van der Waals surface area contributed by atoms with Crippen molar-refractivity contribution in [1.82, 2.24) is 5.43 Å². The number of nitrogen functional groups attached to an aromatic ring is 1. The molecule has 1 aromatic carbocycles. The van der Waals surface area contributed by atoms with Crippen LogP contribution in [0.15, 0.2) is 40.2 Å². The molecule has 0 radical (unpaired) electrons. The molecule has 1 atom stereocenters. The Morgan fingerprint density at radius 3 is 2.65 bits per heavy atom. The van der Waals surface area contributed by atoms with E-state index >= 15 is 0 Å². The van der Waals surface area contributed by atoms with Crippen LogP contribution in [0.2, 0.25) is 0 Å². The largest absolute Gasteiger partial charge is 0.398 e. The maximum Gasteiger partial charge on any atom is 0.0528 e. The van der Waals surface area contributed by atoms with Crippen molar-refractivity contribution in [1.29, 1.82) is 0 Å². The number of halogens is 1. The van der Waals surface area contributed by atoms with Gasteiger partial charge in [-0.1, -0.05) is 18.2 Å². The van der Waals surface area contributed by atoms with Crippen molar-refractivity contribution in [3.05, 3.63) is 50.6 Å². The molecule has 0 fully saturated rings. The molecule has 0 spiro atoms. The molecule has 2 rings (SSSR count). The van der Waals surface area contributed by atoms with E-state index in [-0.39, 0.29) is 6.04 Å². The minimum atomic E-state index is 0.0335. The van der Waals surface area contributed by atoms with Crippen molar-refractivity contribution in [3.63, 3.8) is 0 Å². The molecule has 0 aliphatic carbocycles. The summed E-state index contributed by atoms with van der Waals surface area (Å²) in [4.78, 5) is 1.26. The van der Waals surface area contributed by atoms with Gasteiger partial charge >= 0.3 is 0 Å². The Balaban J connectivity index is 2.23. The second-order valence-electron chi connectivity index (χ2n) is 3.74. The van der Waals surface area contributed by atoms with Gasteiger partial charge in [0, 0.05) is 21.5 Å². The molecule has 0 saturated heterocycles. The SMILES string of the molecule is NNC(Cc1sccc1Br)c1ccccc1N. The van der Waals surface area contributed by atoms with E-state index in [1.165, 1.54) is 4.88 Å². The van der Waals surface area contributed by atoms with E-state index in [1.807, 2.05) is 30.3 Å². The monoisotopic (exact) mass is 311 g/mol. The number of para-hydroxylation sites is 1. The zero-order chi connectivity index (χ0) is 12.3. The molecule has 5 N–H and O–H groups in total. The first kappa shape index (κ1) is 12.6.